The third kappa shape index (κ3) is 6.09. The molecule has 30 heavy (non-hydrogen) atoms. The van der Waals surface area contributed by atoms with Gasteiger partial charge >= 0.3 is 0 Å². The van der Waals surface area contributed by atoms with Crippen LogP contribution in [0.1, 0.15) is 49.7 Å². The van der Waals surface area contributed by atoms with Crippen molar-refractivity contribution in [3.63, 3.8) is 0 Å². The van der Waals surface area contributed by atoms with Crippen molar-refractivity contribution in [1.82, 2.24) is 9.80 Å². The molecule has 2 aliphatic rings. The molecule has 2 saturated heterocycles. The summed E-state index contributed by atoms with van der Waals surface area (Å²) in [4.78, 5) is 16.9. The molecule has 1 unspecified atom stereocenters. The largest absolute Gasteiger partial charge is 0.489 e. The predicted octanol–water partition coefficient (Wildman–Crippen LogP) is 4.88. The summed E-state index contributed by atoms with van der Waals surface area (Å²) < 4.78 is 5.90. The Morgan fingerprint density at radius 1 is 0.900 bits per heavy atom. The Morgan fingerprint density at radius 3 is 2.43 bits per heavy atom. The molecule has 2 aromatic carbocycles. The lowest BCUT2D eigenvalue weighted by Crippen LogP contribution is -2.35. The van der Waals surface area contributed by atoms with E-state index in [0.29, 0.717) is 18.4 Å². The van der Waals surface area contributed by atoms with E-state index in [-0.39, 0.29) is 0 Å². The van der Waals surface area contributed by atoms with Gasteiger partial charge in [-0.2, -0.15) is 0 Å². The van der Waals surface area contributed by atoms with Crippen LogP contribution in [-0.2, 0) is 17.9 Å². The molecule has 0 bridgehead atoms. The number of nitrogens with zero attached hydrogens (tertiary/aromatic N) is 2. The van der Waals surface area contributed by atoms with E-state index in [2.05, 4.69) is 46.2 Å². The van der Waals surface area contributed by atoms with Gasteiger partial charge < -0.3 is 9.64 Å². The molecule has 1 atom stereocenters. The van der Waals surface area contributed by atoms with Crippen molar-refractivity contribution in [2.24, 2.45) is 5.92 Å². The lowest BCUT2D eigenvalue weighted by atomic mass is 9.93. The van der Waals surface area contributed by atoms with Crippen LogP contribution in [0.15, 0.2) is 54.6 Å². The summed E-state index contributed by atoms with van der Waals surface area (Å²) in [5.74, 6) is 1.94. The number of ether oxygens (including phenoxy) is 1. The van der Waals surface area contributed by atoms with Crippen LogP contribution >= 0.6 is 0 Å². The second-order valence-corrected chi connectivity index (χ2v) is 8.79. The van der Waals surface area contributed by atoms with E-state index >= 15 is 0 Å². The van der Waals surface area contributed by atoms with Gasteiger partial charge in [-0.05, 0) is 67.8 Å². The molecule has 2 heterocycles. The first-order valence-electron chi connectivity index (χ1n) is 11.5. The Bertz CT molecular complexity index is 784. The molecule has 4 nitrogen and oxygen atoms in total. The first-order chi connectivity index (χ1) is 14.8. The second kappa shape index (κ2) is 10.6. The lowest BCUT2D eigenvalue weighted by Gasteiger charge is -2.33. The average Bonchev–Trinajstić information content (AvgIpc) is 3.33. The van der Waals surface area contributed by atoms with Crippen LogP contribution in [0, 0.1) is 5.92 Å². The Hall–Kier alpha value is -2.33. The Kier molecular flexibility index (Phi) is 7.41. The van der Waals surface area contributed by atoms with E-state index < -0.39 is 0 Å². The van der Waals surface area contributed by atoms with E-state index in [1.807, 2.05) is 18.2 Å². The molecular weight excluding hydrogens is 372 g/mol. The monoisotopic (exact) mass is 406 g/mol. The molecule has 0 saturated carbocycles. The number of carbonyl (C=O) groups excluding carboxylic acids is 1. The maximum atomic E-state index is 12.3. The molecule has 4 heteroatoms. The highest BCUT2D eigenvalue weighted by Gasteiger charge is 2.23. The van der Waals surface area contributed by atoms with Crippen LogP contribution in [0.4, 0.5) is 0 Å². The molecule has 2 aliphatic heterocycles. The summed E-state index contributed by atoms with van der Waals surface area (Å²) in [5, 5.41) is 0. The summed E-state index contributed by atoms with van der Waals surface area (Å²) in [6.45, 7) is 5.80. The number of piperidine rings is 1. The molecule has 4 rings (SSSR count). The molecule has 2 aromatic rings. The maximum absolute atomic E-state index is 12.3. The Balaban J connectivity index is 1.21. The standard InChI is InChI=1S/C26H34N2O2/c29-26(28-17-4-5-18-28)15-12-22-9-6-16-27(19-22)20-23-10-13-25(14-11-23)30-21-24-7-2-1-3-8-24/h1-3,7-8,10-11,13-14,22H,4-6,9,12,15-21H2. The quantitative estimate of drug-likeness (QED) is 0.626. The zero-order chi connectivity index (χ0) is 20.6. The van der Waals surface area contributed by atoms with Gasteiger partial charge in [0, 0.05) is 32.6 Å². The Labute approximate surface area is 180 Å². The van der Waals surface area contributed by atoms with Crippen molar-refractivity contribution in [3.05, 3.63) is 65.7 Å². The lowest BCUT2D eigenvalue weighted by molar-refractivity contribution is -0.130. The molecule has 160 valence electrons. The van der Waals surface area contributed by atoms with Gasteiger partial charge in [0.25, 0.3) is 0 Å². The van der Waals surface area contributed by atoms with E-state index in [1.165, 1.54) is 36.8 Å². The van der Waals surface area contributed by atoms with Crippen molar-refractivity contribution in [2.45, 2.75) is 51.7 Å². The van der Waals surface area contributed by atoms with E-state index in [9.17, 15) is 4.79 Å². The number of benzene rings is 2. The SMILES string of the molecule is O=C(CCC1CCCN(Cc2ccc(OCc3ccccc3)cc2)C1)N1CCCC1. The fraction of sp³-hybridized carbons (Fsp3) is 0.500. The van der Waals surface area contributed by atoms with Crippen LogP contribution in [0.2, 0.25) is 0 Å². The van der Waals surface area contributed by atoms with Gasteiger partial charge in [0.1, 0.15) is 12.4 Å². The number of rotatable bonds is 8. The molecule has 0 aliphatic carbocycles. The summed E-state index contributed by atoms with van der Waals surface area (Å²) in [5.41, 5.74) is 2.51. The molecular formula is C26H34N2O2. The molecule has 0 N–H and O–H groups in total. The minimum atomic E-state index is 0.371. The highest BCUT2D eigenvalue weighted by Crippen LogP contribution is 2.24. The van der Waals surface area contributed by atoms with Gasteiger partial charge in [-0.3, -0.25) is 9.69 Å². The van der Waals surface area contributed by atoms with Crippen LogP contribution < -0.4 is 4.74 Å². The second-order valence-electron chi connectivity index (χ2n) is 8.79. The van der Waals surface area contributed by atoms with Crippen LogP contribution in [0.25, 0.3) is 0 Å². The predicted molar refractivity (Wildman–Crippen MR) is 120 cm³/mol. The van der Waals surface area contributed by atoms with E-state index in [1.54, 1.807) is 0 Å². The minimum Gasteiger partial charge on any atom is -0.489 e. The fourth-order valence-electron chi connectivity index (χ4n) is 4.67. The smallest absolute Gasteiger partial charge is 0.222 e. The van der Waals surface area contributed by atoms with Crippen LogP contribution in [0.5, 0.6) is 5.75 Å². The number of hydrogen-bond donors (Lipinski definition) is 0. The van der Waals surface area contributed by atoms with Gasteiger partial charge in [-0.25, -0.2) is 0 Å². The molecule has 0 spiro atoms. The normalized spacial score (nSPS) is 19.7. The third-order valence-electron chi connectivity index (χ3n) is 6.41. The first-order valence-corrected chi connectivity index (χ1v) is 11.5. The Morgan fingerprint density at radius 2 is 1.67 bits per heavy atom. The van der Waals surface area contributed by atoms with Crippen LogP contribution in [0.3, 0.4) is 0 Å². The van der Waals surface area contributed by atoms with Crippen molar-refractivity contribution in [2.75, 3.05) is 26.2 Å². The maximum Gasteiger partial charge on any atom is 0.222 e. The highest BCUT2D eigenvalue weighted by atomic mass is 16.5. The van der Waals surface area contributed by atoms with E-state index in [0.717, 1.165) is 51.3 Å². The molecule has 0 radical (unpaired) electrons. The third-order valence-corrected chi connectivity index (χ3v) is 6.41. The summed E-state index contributed by atoms with van der Waals surface area (Å²) in [6.07, 6.45) is 6.62. The van der Waals surface area contributed by atoms with Crippen molar-refractivity contribution < 1.29 is 9.53 Å². The van der Waals surface area contributed by atoms with E-state index in [4.69, 9.17) is 4.74 Å². The van der Waals surface area contributed by atoms with Gasteiger partial charge in [0.05, 0.1) is 0 Å². The molecule has 2 fully saturated rings. The number of likely N-dealkylation sites (tertiary alicyclic amines) is 2. The summed E-state index contributed by atoms with van der Waals surface area (Å²) >= 11 is 0. The van der Waals surface area contributed by atoms with Crippen LogP contribution in [-0.4, -0.2) is 41.9 Å². The van der Waals surface area contributed by atoms with Gasteiger partial charge in [-0.15, -0.1) is 0 Å². The summed E-state index contributed by atoms with van der Waals surface area (Å²) in [6, 6.07) is 18.8. The highest BCUT2D eigenvalue weighted by molar-refractivity contribution is 5.76. The first kappa shape index (κ1) is 20.9. The zero-order valence-electron chi connectivity index (χ0n) is 18.0. The minimum absolute atomic E-state index is 0.371. The van der Waals surface area contributed by atoms with Gasteiger partial charge in [0.2, 0.25) is 5.91 Å². The number of carbonyl (C=O) groups is 1. The summed E-state index contributed by atoms with van der Waals surface area (Å²) in [7, 11) is 0. The number of hydrogen-bond acceptors (Lipinski definition) is 3. The van der Waals surface area contributed by atoms with Crippen molar-refractivity contribution >= 4 is 5.91 Å². The van der Waals surface area contributed by atoms with Crippen molar-refractivity contribution in [1.29, 1.82) is 0 Å². The molecule has 1 amide bonds. The average molecular weight is 407 g/mol. The number of amides is 1. The van der Waals surface area contributed by atoms with Crippen molar-refractivity contribution in [3.8, 4) is 5.75 Å². The van der Waals surface area contributed by atoms with Gasteiger partial charge in [-0.1, -0.05) is 42.5 Å². The zero-order valence-corrected chi connectivity index (χ0v) is 18.0. The molecule has 0 aromatic heterocycles. The van der Waals surface area contributed by atoms with Gasteiger partial charge in [0.15, 0.2) is 0 Å². The fourth-order valence-corrected chi connectivity index (χ4v) is 4.67. The topological polar surface area (TPSA) is 32.8 Å².